The molecule has 1 aliphatic heterocycles. The van der Waals surface area contributed by atoms with Gasteiger partial charge in [-0.05, 0) is 43.4 Å². The van der Waals surface area contributed by atoms with Crippen molar-refractivity contribution in [3.63, 3.8) is 0 Å². The molecule has 10 heteroatoms. The van der Waals surface area contributed by atoms with Gasteiger partial charge in [0.1, 0.15) is 5.70 Å². The molecule has 7 nitrogen and oxygen atoms in total. The molecule has 1 fully saturated rings. The third-order valence-electron chi connectivity index (χ3n) is 5.82. The van der Waals surface area contributed by atoms with Crippen molar-refractivity contribution in [2.75, 3.05) is 30.4 Å². The molecule has 0 aromatic heterocycles. The van der Waals surface area contributed by atoms with Crippen LogP contribution >= 0.6 is 0 Å². The number of rotatable bonds is 10. The maximum atomic E-state index is 12.1. The maximum absolute atomic E-state index is 12.1. The standard InChI is InChI=1S/C16H14N2O3.C11H15N.C4H6O.C3H6.3K.H/c1-21-15-7-4-12(8-11(15)9-19)17-16(20)14-6-5-13(18-14)10-2-3-10;1-4-12(5-2)11-9-7-6-8-10(11)3;1-2-3-4-5;1-3-2;;;;/h6-8,10H,2-3,5H2,1H3,(H,17,20);6-9H,1-2,4-5H2,3H3;1-3H2;1-3H2;;;;/q4*-2;3*+1;-1. The van der Waals surface area contributed by atoms with Crippen LogP contribution in [0.2, 0.25) is 0 Å². The van der Waals surface area contributed by atoms with Gasteiger partial charge >= 0.3 is 154 Å². The van der Waals surface area contributed by atoms with E-state index in [2.05, 4.69) is 75.0 Å². The van der Waals surface area contributed by atoms with Crippen molar-refractivity contribution in [3.05, 3.63) is 100.0 Å². The largest absolute Gasteiger partial charge is 1.00 e. The van der Waals surface area contributed by atoms with Gasteiger partial charge in [0.15, 0.2) is 0 Å². The van der Waals surface area contributed by atoms with Crippen LogP contribution in [0.5, 0.6) is 5.75 Å². The molecular formula is C34H42K3N3O4-6. The van der Waals surface area contributed by atoms with Crippen LogP contribution in [-0.4, -0.2) is 44.4 Å². The van der Waals surface area contributed by atoms with Gasteiger partial charge in [0.05, 0.1) is 13.4 Å². The number of ether oxygens (including phenoxy) is 1. The zero-order chi connectivity index (χ0) is 30.6. The molecule has 1 N–H and O–H groups in total. The molecule has 0 bridgehead atoms. The summed E-state index contributed by atoms with van der Waals surface area (Å²) in [5.41, 5.74) is 4.69. The summed E-state index contributed by atoms with van der Waals surface area (Å²) in [6, 6.07) is 14.1. The second-order valence-corrected chi connectivity index (χ2v) is 8.93. The molecule has 1 amide bonds. The second kappa shape index (κ2) is 30.2. The molecule has 1 saturated carbocycles. The number of carbonyl (C=O) groups excluding carboxylic acids is 3. The van der Waals surface area contributed by atoms with Crippen molar-refractivity contribution < 1.29 is 175 Å². The topological polar surface area (TPSA) is 88.1 Å². The molecular weight excluding hydrogens is 632 g/mol. The fourth-order valence-corrected chi connectivity index (χ4v) is 3.59. The first-order valence-electron chi connectivity index (χ1n) is 13.5. The van der Waals surface area contributed by atoms with E-state index in [9.17, 15) is 14.4 Å². The SMILES string of the molecule is COc1c[c-]c(NC(=O)C2=CCC(C3CC3)=N2)cc1[C-]=O.[CH2-]CC[C-]=O.[CH2-]CN(C[CH2-])c1ccccc1C.[CH2-]C[CH2-].[H-].[K+].[K+].[K+]. The Hall–Kier alpha value is 1.17. The summed E-state index contributed by atoms with van der Waals surface area (Å²) < 4.78 is 5.00. The molecule has 0 saturated heterocycles. The summed E-state index contributed by atoms with van der Waals surface area (Å²) >= 11 is 0. The van der Waals surface area contributed by atoms with E-state index in [0.29, 0.717) is 35.9 Å². The third-order valence-corrected chi connectivity index (χ3v) is 5.82. The monoisotopic (exact) mass is 673 g/mol. The van der Waals surface area contributed by atoms with Crippen LogP contribution in [-0.2, 0) is 14.4 Å². The quantitative estimate of drug-likeness (QED) is 0.221. The molecule has 44 heavy (non-hydrogen) atoms. The summed E-state index contributed by atoms with van der Waals surface area (Å²) in [5, 5.41) is 2.69. The van der Waals surface area contributed by atoms with Gasteiger partial charge in [0.25, 0.3) is 5.91 Å². The Balaban J connectivity index is -0.000000301. The first-order chi connectivity index (χ1) is 19.8. The number of amides is 1. The van der Waals surface area contributed by atoms with E-state index in [4.69, 9.17) is 4.74 Å². The number of para-hydroxylation sites is 1. The van der Waals surface area contributed by atoms with Gasteiger partial charge in [0.2, 0.25) is 0 Å². The summed E-state index contributed by atoms with van der Waals surface area (Å²) in [4.78, 5) is 38.7. The Morgan fingerprint density at radius 3 is 2.18 bits per heavy atom. The fraction of sp³-hybridized carbons (Fsp3) is 0.324. The van der Waals surface area contributed by atoms with E-state index in [1.165, 1.54) is 43.3 Å². The summed E-state index contributed by atoms with van der Waals surface area (Å²) in [6.45, 7) is 21.5. The molecule has 0 spiro atoms. The number of unbranched alkanes of at least 4 members (excludes halogenated alkanes) is 1. The van der Waals surface area contributed by atoms with Crippen LogP contribution in [0.4, 0.5) is 11.4 Å². The van der Waals surface area contributed by atoms with Gasteiger partial charge in [-0.25, -0.2) is 6.42 Å². The number of hydrogen-bond acceptors (Lipinski definition) is 6. The van der Waals surface area contributed by atoms with Crippen molar-refractivity contribution in [1.29, 1.82) is 0 Å². The molecule has 0 radical (unpaired) electrons. The van der Waals surface area contributed by atoms with E-state index in [1.54, 1.807) is 12.6 Å². The fourth-order valence-electron chi connectivity index (χ4n) is 3.59. The number of carbonyl (C=O) groups is 1. The van der Waals surface area contributed by atoms with Crippen molar-refractivity contribution >= 4 is 35.6 Å². The minimum atomic E-state index is -0.288. The van der Waals surface area contributed by atoms with E-state index in [0.717, 1.165) is 31.6 Å². The Kier molecular flexibility index (Phi) is 34.1. The van der Waals surface area contributed by atoms with E-state index >= 15 is 0 Å². The van der Waals surface area contributed by atoms with Crippen molar-refractivity contribution in [2.45, 2.75) is 45.4 Å². The van der Waals surface area contributed by atoms with Gasteiger partial charge in [0, 0.05) is 23.6 Å². The molecule has 2 aromatic rings. The molecule has 226 valence electrons. The Bertz CT molecular complexity index is 1170. The minimum Gasteiger partial charge on any atom is -1.00 e. The summed E-state index contributed by atoms with van der Waals surface area (Å²) in [5.74, 6) is 0.649. The second-order valence-electron chi connectivity index (χ2n) is 8.93. The van der Waals surface area contributed by atoms with Crippen molar-refractivity contribution in [1.82, 2.24) is 0 Å². The van der Waals surface area contributed by atoms with E-state index in [1.807, 2.05) is 18.2 Å². The number of methoxy groups -OCH3 is 1. The average Bonchev–Trinajstić information content (AvgIpc) is 3.72. The van der Waals surface area contributed by atoms with Crippen LogP contribution in [0.15, 0.2) is 53.2 Å². The molecule has 1 heterocycles. The van der Waals surface area contributed by atoms with Crippen molar-refractivity contribution in [2.24, 2.45) is 10.9 Å². The summed E-state index contributed by atoms with van der Waals surface area (Å²) in [6.07, 6.45) is 10.3. The van der Waals surface area contributed by atoms with Gasteiger partial charge in [-0.15, -0.1) is 30.8 Å². The van der Waals surface area contributed by atoms with Crippen LogP contribution in [0, 0.1) is 53.5 Å². The van der Waals surface area contributed by atoms with Crippen LogP contribution in [0.25, 0.3) is 0 Å². The van der Waals surface area contributed by atoms with E-state index in [-0.39, 0.29) is 167 Å². The molecule has 4 rings (SSSR count). The normalized spacial score (nSPS) is 12.1. The first kappa shape index (κ1) is 49.6. The van der Waals surface area contributed by atoms with Crippen LogP contribution < -0.4 is 169 Å². The molecule has 2 aliphatic rings. The van der Waals surface area contributed by atoms with Crippen molar-refractivity contribution in [3.8, 4) is 5.75 Å². The van der Waals surface area contributed by atoms with Crippen LogP contribution in [0.1, 0.15) is 51.1 Å². The smallest absolute Gasteiger partial charge is 1.00 e. The predicted octanol–water partition coefficient (Wildman–Crippen LogP) is -2.62. The zero-order valence-electron chi connectivity index (χ0n) is 28.3. The Labute approximate surface area is 395 Å². The number of allylic oxidation sites excluding steroid dienone is 1. The molecule has 1 aliphatic carbocycles. The Morgan fingerprint density at radius 1 is 1.11 bits per heavy atom. The predicted molar refractivity (Wildman–Crippen MR) is 169 cm³/mol. The minimum absolute atomic E-state index is 0. The van der Waals surface area contributed by atoms with Gasteiger partial charge < -0.3 is 67.0 Å². The molecule has 2 aromatic carbocycles. The number of anilines is 2. The number of nitrogens with zero attached hydrogens (tertiary/aromatic N) is 2. The van der Waals surface area contributed by atoms with E-state index < -0.39 is 0 Å². The number of aryl methyl sites for hydroxylation is 1. The summed E-state index contributed by atoms with van der Waals surface area (Å²) in [7, 11) is 1.46. The Morgan fingerprint density at radius 2 is 1.73 bits per heavy atom. The zero-order valence-corrected chi connectivity index (χ0v) is 36.7. The molecule has 0 atom stereocenters. The number of aliphatic imine (C=N–C) groups is 1. The first-order valence-corrected chi connectivity index (χ1v) is 13.5. The number of hydrogen-bond donors (Lipinski definition) is 1. The van der Waals surface area contributed by atoms with Crippen LogP contribution in [0.3, 0.4) is 0 Å². The van der Waals surface area contributed by atoms with Gasteiger partial charge in [-0.2, -0.15) is 12.5 Å². The number of nitrogens with one attached hydrogen (secondary N) is 1. The molecule has 0 unspecified atom stereocenters. The maximum Gasteiger partial charge on any atom is 1.00 e. The van der Waals surface area contributed by atoms with Gasteiger partial charge in [-0.1, -0.05) is 23.9 Å². The third kappa shape index (κ3) is 19.2. The average molecular weight is 674 g/mol. The number of benzene rings is 2. The van der Waals surface area contributed by atoms with Gasteiger partial charge in [-0.3, -0.25) is 16.1 Å².